The minimum absolute atomic E-state index is 0.212. The van der Waals surface area contributed by atoms with E-state index in [0.29, 0.717) is 35.7 Å². The molecule has 0 saturated carbocycles. The lowest BCUT2D eigenvalue weighted by Crippen LogP contribution is -2.28. The predicted molar refractivity (Wildman–Crippen MR) is 117 cm³/mol. The fourth-order valence-corrected chi connectivity index (χ4v) is 3.56. The molecular formula is C22H17F3N8O2. The molecule has 10 nitrogen and oxygen atoms in total. The van der Waals surface area contributed by atoms with Gasteiger partial charge >= 0.3 is 12.1 Å². The van der Waals surface area contributed by atoms with Crippen molar-refractivity contribution in [3.63, 3.8) is 0 Å². The lowest BCUT2D eigenvalue weighted by molar-refractivity contribution is -0.159. The number of pyridine rings is 2. The zero-order valence-corrected chi connectivity index (χ0v) is 18.2. The largest absolute Gasteiger partial charge is 0.471 e. The zero-order valence-electron chi connectivity index (χ0n) is 18.2. The van der Waals surface area contributed by atoms with Gasteiger partial charge in [0, 0.05) is 43.1 Å². The number of nitrogens with zero attached hydrogens (tertiary/aromatic N) is 7. The number of aryl methyl sites for hydroxylation is 1. The molecule has 0 atom stereocenters. The third-order valence-corrected chi connectivity index (χ3v) is 5.30. The van der Waals surface area contributed by atoms with Gasteiger partial charge in [0.15, 0.2) is 0 Å². The topological polar surface area (TPSA) is 117 Å². The van der Waals surface area contributed by atoms with Crippen molar-refractivity contribution in [2.45, 2.75) is 12.7 Å². The Morgan fingerprint density at radius 2 is 1.97 bits per heavy atom. The van der Waals surface area contributed by atoms with E-state index in [-0.39, 0.29) is 11.7 Å². The zero-order chi connectivity index (χ0) is 24.6. The van der Waals surface area contributed by atoms with Crippen LogP contribution in [0.2, 0.25) is 0 Å². The fourth-order valence-electron chi connectivity index (χ4n) is 3.56. The van der Waals surface area contributed by atoms with Gasteiger partial charge in [0.25, 0.3) is 5.91 Å². The second kappa shape index (κ2) is 8.66. The van der Waals surface area contributed by atoms with Crippen LogP contribution in [0.25, 0.3) is 33.7 Å². The van der Waals surface area contributed by atoms with E-state index in [9.17, 15) is 18.0 Å². The number of nitrogens with one attached hydrogen (secondary N) is 1. The number of alkyl halides is 3. The van der Waals surface area contributed by atoms with Crippen LogP contribution in [0.5, 0.6) is 0 Å². The van der Waals surface area contributed by atoms with Gasteiger partial charge in [0.1, 0.15) is 5.69 Å². The van der Waals surface area contributed by atoms with Crippen molar-refractivity contribution in [1.29, 1.82) is 0 Å². The first kappa shape index (κ1) is 22.3. The average molecular weight is 482 g/mol. The van der Waals surface area contributed by atoms with Gasteiger partial charge in [-0.1, -0.05) is 5.16 Å². The molecule has 5 aromatic heterocycles. The van der Waals surface area contributed by atoms with Crippen LogP contribution in [0.1, 0.15) is 16.4 Å². The van der Waals surface area contributed by atoms with Crippen LogP contribution >= 0.6 is 0 Å². The van der Waals surface area contributed by atoms with E-state index >= 15 is 0 Å². The van der Waals surface area contributed by atoms with E-state index in [2.05, 4.69) is 35.0 Å². The quantitative estimate of drug-likeness (QED) is 0.395. The smallest absolute Gasteiger partial charge is 0.349 e. The van der Waals surface area contributed by atoms with E-state index in [1.165, 1.54) is 18.3 Å². The Labute approximate surface area is 195 Å². The number of aromatic nitrogens is 7. The summed E-state index contributed by atoms with van der Waals surface area (Å²) >= 11 is 0. The number of rotatable bonds is 6. The highest BCUT2D eigenvalue weighted by molar-refractivity contribution is 5.99. The number of amides is 1. The van der Waals surface area contributed by atoms with E-state index in [1.807, 2.05) is 12.3 Å². The summed E-state index contributed by atoms with van der Waals surface area (Å²) in [7, 11) is 1.76. The summed E-state index contributed by atoms with van der Waals surface area (Å²) in [5.74, 6) is -1.88. The molecule has 178 valence electrons. The third kappa shape index (κ3) is 4.47. The van der Waals surface area contributed by atoms with Crippen molar-refractivity contribution in [2.24, 2.45) is 7.05 Å². The van der Waals surface area contributed by atoms with E-state index < -0.39 is 12.1 Å². The molecule has 35 heavy (non-hydrogen) atoms. The third-order valence-electron chi connectivity index (χ3n) is 5.30. The van der Waals surface area contributed by atoms with Crippen molar-refractivity contribution in [3.05, 3.63) is 66.7 Å². The Morgan fingerprint density at radius 3 is 2.71 bits per heavy atom. The molecule has 13 heteroatoms. The van der Waals surface area contributed by atoms with Gasteiger partial charge in [-0.3, -0.25) is 19.4 Å². The maximum absolute atomic E-state index is 12.8. The van der Waals surface area contributed by atoms with Crippen LogP contribution in [0.15, 0.2) is 59.6 Å². The number of hydrogen-bond acceptors (Lipinski definition) is 7. The predicted octanol–water partition coefficient (Wildman–Crippen LogP) is 3.33. The lowest BCUT2D eigenvalue weighted by atomic mass is 10.1. The lowest BCUT2D eigenvalue weighted by Gasteiger charge is -2.07. The first-order valence-corrected chi connectivity index (χ1v) is 10.4. The maximum atomic E-state index is 12.8. The Balaban J connectivity index is 1.38. The van der Waals surface area contributed by atoms with Crippen molar-refractivity contribution in [2.75, 3.05) is 6.54 Å². The summed E-state index contributed by atoms with van der Waals surface area (Å²) < 4.78 is 46.1. The number of carbonyl (C=O) groups is 1. The minimum atomic E-state index is -4.73. The fraction of sp³-hybridized carbons (Fsp3) is 0.182. The summed E-state index contributed by atoms with van der Waals surface area (Å²) in [5, 5.41) is 11.1. The summed E-state index contributed by atoms with van der Waals surface area (Å²) in [6, 6.07) is 8.29. The molecule has 0 unspecified atom stereocenters. The van der Waals surface area contributed by atoms with Crippen LogP contribution in [0, 0.1) is 0 Å². The first-order valence-electron chi connectivity index (χ1n) is 10.4. The Kier molecular flexibility index (Phi) is 5.51. The molecule has 1 amide bonds. The molecule has 0 aromatic carbocycles. The first-order chi connectivity index (χ1) is 16.8. The van der Waals surface area contributed by atoms with Crippen LogP contribution in [-0.4, -0.2) is 46.9 Å². The molecule has 0 fully saturated rings. The van der Waals surface area contributed by atoms with E-state index in [4.69, 9.17) is 0 Å². The summed E-state index contributed by atoms with van der Waals surface area (Å²) in [6.07, 6.45) is 1.78. The molecule has 5 rings (SSSR count). The highest BCUT2D eigenvalue weighted by Gasteiger charge is 2.38. The Hall–Kier alpha value is -4.55. The van der Waals surface area contributed by atoms with Crippen LogP contribution in [0.3, 0.4) is 0 Å². The van der Waals surface area contributed by atoms with Crippen LogP contribution in [-0.2, 0) is 19.8 Å². The second-order valence-electron chi connectivity index (χ2n) is 7.59. The highest BCUT2D eigenvalue weighted by atomic mass is 19.4. The minimum Gasteiger partial charge on any atom is -0.349 e. The molecule has 0 radical (unpaired) electrons. The molecule has 0 aliphatic heterocycles. The van der Waals surface area contributed by atoms with Gasteiger partial charge in [-0.15, -0.1) is 0 Å². The molecule has 5 heterocycles. The van der Waals surface area contributed by atoms with Gasteiger partial charge in [-0.2, -0.15) is 23.3 Å². The number of hydrogen-bond donors (Lipinski definition) is 1. The maximum Gasteiger partial charge on any atom is 0.471 e. The van der Waals surface area contributed by atoms with E-state index in [0.717, 1.165) is 10.9 Å². The van der Waals surface area contributed by atoms with Crippen LogP contribution in [0.4, 0.5) is 13.2 Å². The number of halogens is 3. The van der Waals surface area contributed by atoms with Crippen molar-refractivity contribution < 1.29 is 22.5 Å². The number of fused-ring (bicyclic) bond motifs is 1. The molecule has 0 bridgehead atoms. The molecule has 0 aliphatic carbocycles. The molecular weight excluding hydrogens is 465 g/mol. The molecule has 0 aliphatic rings. The summed E-state index contributed by atoms with van der Waals surface area (Å²) in [6.45, 7) is 0.954. The Morgan fingerprint density at radius 1 is 1.14 bits per heavy atom. The molecule has 0 saturated heterocycles. The van der Waals surface area contributed by atoms with Crippen molar-refractivity contribution in [1.82, 2.24) is 39.8 Å². The van der Waals surface area contributed by atoms with Gasteiger partial charge < -0.3 is 14.4 Å². The van der Waals surface area contributed by atoms with Gasteiger partial charge in [-0.25, -0.2) is 0 Å². The molecule has 0 spiro atoms. The normalized spacial score (nSPS) is 11.8. The van der Waals surface area contributed by atoms with Crippen molar-refractivity contribution >= 4 is 16.8 Å². The second-order valence-corrected chi connectivity index (χ2v) is 7.59. The van der Waals surface area contributed by atoms with Gasteiger partial charge in [0.2, 0.25) is 5.82 Å². The molecule has 5 aromatic rings. The standard InChI is InChI=1S/C22H17F3N8O2/c1-32-17(20(34)27-6-8-33-7-2-4-29-33)11-14-10-16(28-12-18(14)32)15-9-13(3-5-26-15)19-30-21(35-31-19)22(23,24)25/h2-5,7,9-12H,6,8H2,1H3,(H,27,34). The SMILES string of the molecule is Cn1c(C(=O)NCCn2cccn2)cc2cc(-c3cc(-c4noc(C(F)(F)F)n4)ccn3)ncc21. The summed E-state index contributed by atoms with van der Waals surface area (Å²) in [4.78, 5) is 24.8. The van der Waals surface area contributed by atoms with Crippen LogP contribution < -0.4 is 5.32 Å². The number of carbonyl (C=O) groups excluding carboxylic acids is 1. The van der Waals surface area contributed by atoms with Gasteiger partial charge in [0.05, 0.1) is 29.6 Å². The molecule has 1 N–H and O–H groups in total. The van der Waals surface area contributed by atoms with Gasteiger partial charge in [-0.05, 0) is 30.3 Å². The van der Waals surface area contributed by atoms with E-state index in [1.54, 1.807) is 40.8 Å². The highest BCUT2D eigenvalue weighted by Crippen LogP contribution is 2.30. The Bertz CT molecular complexity index is 1500. The van der Waals surface area contributed by atoms with Crippen molar-refractivity contribution in [3.8, 4) is 22.8 Å². The monoisotopic (exact) mass is 482 g/mol. The average Bonchev–Trinajstić information content (AvgIpc) is 3.59. The summed E-state index contributed by atoms with van der Waals surface area (Å²) in [5.41, 5.74) is 2.34.